The fourth-order valence-electron chi connectivity index (χ4n) is 2.33. The van der Waals surface area contributed by atoms with Crippen molar-refractivity contribution in [1.29, 1.82) is 0 Å². The second kappa shape index (κ2) is 4.72. The Morgan fingerprint density at radius 2 is 2.07 bits per heavy atom. The number of anilines is 1. The van der Waals surface area contributed by atoms with Gasteiger partial charge in [-0.3, -0.25) is 0 Å². The molecule has 0 atom stereocenters. The minimum atomic E-state index is 0.788. The monoisotopic (exact) mass is 319 g/mol. The molecule has 4 heteroatoms. The van der Waals surface area contributed by atoms with Crippen LogP contribution in [0.15, 0.2) is 0 Å². The number of hydrogen-bond acceptors (Lipinski definition) is 2. The van der Waals surface area contributed by atoms with Gasteiger partial charge in [0, 0.05) is 6.54 Å². The van der Waals surface area contributed by atoms with Crippen molar-refractivity contribution in [1.82, 2.24) is 9.78 Å². The van der Waals surface area contributed by atoms with Gasteiger partial charge in [0.2, 0.25) is 0 Å². The number of halogens is 1. The molecule has 3 nitrogen and oxygen atoms in total. The Bertz CT molecular complexity index is 340. The summed E-state index contributed by atoms with van der Waals surface area (Å²) in [4.78, 5) is 0. The van der Waals surface area contributed by atoms with Crippen LogP contribution >= 0.6 is 22.6 Å². The SMILES string of the molecule is Cc1nn(CC2CCCCC2)c(N)c1I. The maximum atomic E-state index is 6.01. The van der Waals surface area contributed by atoms with Crippen LogP contribution in [0.4, 0.5) is 5.82 Å². The van der Waals surface area contributed by atoms with E-state index in [0.29, 0.717) is 0 Å². The van der Waals surface area contributed by atoms with Crippen LogP contribution < -0.4 is 5.73 Å². The number of hydrogen-bond donors (Lipinski definition) is 1. The average Bonchev–Trinajstić information content (AvgIpc) is 2.48. The van der Waals surface area contributed by atoms with Crippen LogP contribution in [0.1, 0.15) is 37.8 Å². The van der Waals surface area contributed by atoms with Crippen molar-refractivity contribution in [2.75, 3.05) is 5.73 Å². The maximum absolute atomic E-state index is 6.01. The smallest absolute Gasteiger partial charge is 0.135 e. The molecule has 2 N–H and O–H groups in total. The molecule has 1 aromatic heterocycles. The van der Waals surface area contributed by atoms with E-state index in [1.807, 2.05) is 11.6 Å². The van der Waals surface area contributed by atoms with E-state index in [4.69, 9.17) is 5.73 Å². The summed E-state index contributed by atoms with van der Waals surface area (Å²) in [6, 6.07) is 0. The molecule has 15 heavy (non-hydrogen) atoms. The summed E-state index contributed by atoms with van der Waals surface area (Å²) in [5.41, 5.74) is 7.07. The lowest BCUT2D eigenvalue weighted by Gasteiger charge is -2.21. The molecule has 1 aromatic rings. The molecule has 0 aromatic carbocycles. The van der Waals surface area contributed by atoms with Crippen LogP contribution in [0.3, 0.4) is 0 Å². The van der Waals surface area contributed by atoms with Crippen molar-refractivity contribution in [3.8, 4) is 0 Å². The van der Waals surface area contributed by atoms with E-state index in [0.717, 1.165) is 27.5 Å². The van der Waals surface area contributed by atoms with E-state index in [-0.39, 0.29) is 0 Å². The number of aromatic nitrogens is 2. The highest BCUT2D eigenvalue weighted by Gasteiger charge is 2.17. The van der Waals surface area contributed by atoms with Gasteiger partial charge in [-0.15, -0.1) is 0 Å². The van der Waals surface area contributed by atoms with Crippen LogP contribution in [0, 0.1) is 16.4 Å². The van der Waals surface area contributed by atoms with Gasteiger partial charge in [-0.2, -0.15) is 5.10 Å². The Morgan fingerprint density at radius 1 is 1.40 bits per heavy atom. The first-order chi connectivity index (χ1) is 7.18. The number of nitrogen functional groups attached to an aromatic ring is 1. The normalized spacial score (nSPS) is 18.3. The van der Waals surface area contributed by atoms with Gasteiger partial charge in [0.1, 0.15) is 5.82 Å². The molecule has 1 fully saturated rings. The quantitative estimate of drug-likeness (QED) is 0.852. The Morgan fingerprint density at radius 3 is 2.60 bits per heavy atom. The molecule has 0 saturated heterocycles. The van der Waals surface area contributed by atoms with Crippen LogP contribution in [-0.4, -0.2) is 9.78 Å². The number of rotatable bonds is 2. The van der Waals surface area contributed by atoms with E-state index < -0.39 is 0 Å². The third kappa shape index (κ3) is 2.46. The molecule has 0 spiro atoms. The fourth-order valence-corrected chi connectivity index (χ4v) is 2.72. The third-order valence-electron chi connectivity index (χ3n) is 3.25. The van der Waals surface area contributed by atoms with Crippen molar-refractivity contribution in [3.05, 3.63) is 9.26 Å². The first-order valence-corrected chi connectivity index (χ1v) is 6.74. The molecule has 0 aliphatic heterocycles. The Balaban J connectivity index is 2.06. The second-order valence-corrected chi connectivity index (χ2v) is 5.55. The van der Waals surface area contributed by atoms with Crippen LogP contribution in [-0.2, 0) is 6.54 Å². The zero-order chi connectivity index (χ0) is 10.8. The molecular formula is C11H18IN3. The van der Waals surface area contributed by atoms with Crippen molar-refractivity contribution in [2.24, 2.45) is 5.92 Å². The molecule has 0 radical (unpaired) electrons. The van der Waals surface area contributed by atoms with Crippen molar-refractivity contribution < 1.29 is 0 Å². The summed E-state index contributed by atoms with van der Waals surface area (Å²) in [5.74, 6) is 1.63. The van der Waals surface area contributed by atoms with Gasteiger partial charge in [-0.05, 0) is 48.3 Å². The second-order valence-electron chi connectivity index (χ2n) is 4.47. The van der Waals surface area contributed by atoms with Gasteiger partial charge in [-0.1, -0.05) is 19.3 Å². The predicted octanol–water partition coefficient (Wildman–Crippen LogP) is 2.96. The molecule has 1 aliphatic rings. The first-order valence-electron chi connectivity index (χ1n) is 5.67. The van der Waals surface area contributed by atoms with E-state index in [9.17, 15) is 0 Å². The molecule has 1 heterocycles. The highest BCUT2D eigenvalue weighted by Crippen LogP contribution is 2.27. The van der Waals surface area contributed by atoms with Gasteiger partial charge in [0.15, 0.2) is 0 Å². The molecule has 0 unspecified atom stereocenters. The Hall–Kier alpha value is -0.260. The summed E-state index contributed by atoms with van der Waals surface area (Å²) < 4.78 is 3.11. The van der Waals surface area contributed by atoms with E-state index >= 15 is 0 Å². The number of nitrogens with zero attached hydrogens (tertiary/aromatic N) is 2. The molecule has 1 saturated carbocycles. The molecule has 0 bridgehead atoms. The summed E-state index contributed by atoms with van der Waals surface area (Å²) in [7, 11) is 0. The first kappa shape index (κ1) is 11.2. The van der Waals surface area contributed by atoms with Gasteiger partial charge in [0.25, 0.3) is 0 Å². The van der Waals surface area contributed by atoms with E-state index in [1.165, 1.54) is 32.1 Å². The maximum Gasteiger partial charge on any atom is 0.135 e. The highest BCUT2D eigenvalue weighted by molar-refractivity contribution is 14.1. The Labute approximate surface area is 105 Å². The van der Waals surface area contributed by atoms with Gasteiger partial charge in [-0.25, -0.2) is 4.68 Å². The average molecular weight is 319 g/mol. The molecule has 0 amide bonds. The van der Waals surface area contributed by atoms with Crippen LogP contribution in [0.2, 0.25) is 0 Å². The van der Waals surface area contributed by atoms with Crippen molar-refractivity contribution in [2.45, 2.75) is 45.6 Å². The molecule has 1 aliphatic carbocycles. The highest BCUT2D eigenvalue weighted by atomic mass is 127. The molecule has 2 rings (SSSR count). The zero-order valence-corrected chi connectivity index (χ0v) is 11.3. The molecule has 84 valence electrons. The summed E-state index contributed by atoms with van der Waals surface area (Å²) in [5, 5.41) is 4.49. The largest absolute Gasteiger partial charge is 0.383 e. The fraction of sp³-hybridized carbons (Fsp3) is 0.727. The van der Waals surface area contributed by atoms with Gasteiger partial charge >= 0.3 is 0 Å². The minimum Gasteiger partial charge on any atom is -0.383 e. The number of aryl methyl sites for hydroxylation is 1. The van der Waals surface area contributed by atoms with Crippen molar-refractivity contribution in [3.63, 3.8) is 0 Å². The Kier molecular flexibility index (Phi) is 3.53. The van der Waals surface area contributed by atoms with E-state index in [2.05, 4.69) is 27.7 Å². The standard InChI is InChI=1S/C11H18IN3/c1-8-10(12)11(13)15(14-8)7-9-5-3-2-4-6-9/h9H,2-7,13H2,1H3. The lowest BCUT2D eigenvalue weighted by molar-refractivity contribution is 0.309. The summed E-state index contributed by atoms with van der Waals surface area (Å²) >= 11 is 2.28. The van der Waals surface area contributed by atoms with E-state index in [1.54, 1.807) is 0 Å². The predicted molar refractivity (Wildman–Crippen MR) is 70.7 cm³/mol. The summed E-state index contributed by atoms with van der Waals surface area (Å²) in [6.07, 6.45) is 6.84. The lowest BCUT2D eigenvalue weighted by Crippen LogP contribution is -2.16. The third-order valence-corrected chi connectivity index (χ3v) is 4.58. The van der Waals surface area contributed by atoms with Crippen molar-refractivity contribution >= 4 is 28.4 Å². The molecular weight excluding hydrogens is 301 g/mol. The zero-order valence-electron chi connectivity index (χ0n) is 9.17. The summed E-state index contributed by atoms with van der Waals surface area (Å²) in [6.45, 7) is 3.03. The lowest BCUT2D eigenvalue weighted by atomic mass is 9.89. The minimum absolute atomic E-state index is 0.788. The van der Waals surface area contributed by atoms with Crippen LogP contribution in [0.25, 0.3) is 0 Å². The van der Waals surface area contributed by atoms with Gasteiger partial charge in [0.05, 0.1) is 9.26 Å². The van der Waals surface area contributed by atoms with Gasteiger partial charge < -0.3 is 5.73 Å². The van der Waals surface area contributed by atoms with Crippen LogP contribution in [0.5, 0.6) is 0 Å². The topological polar surface area (TPSA) is 43.8 Å². The number of nitrogens with two attached hydrogens (primary N) is 1.